The van der Waals surface area contributed by atoms with Crippen molar-refractivity contribution in [1.82, 2.24) is 9.88 Å². The minimum Gasteiger partial charge on any atom is -0.347 e. The van der Waals surface area contributed by atoms with Crippen LogP contribution in [0.4, 0.5) is 5.13 Å². The van der Waals surface area contributed by atoms with Gasteiger partial charge in [0.25, 0.3) is 0 Å². The van der Waals surface area contributed by atoms with Crippen molar-refractivity contribution in [2.75, 3.05) is 32.1 Å². The fourth-order valence-corrected chi connectivity index (χ4v) is 3.08. The van der Waals surface area contributed by atoms with Gasteiger partial charge in [0.1, 0.15) is 4.60 Å². The Morgan fingerprint density at radius 3 is 3.00 bits per heavy atom. The minimum absolute atomic E-state index is 0.623. The van der Waals surface area contributed by atoms with Crippen molar-refractivity contribution in [3.8, 4) is 0 Å². The van der Waals surface area contributed by atoms with Gasteiger partial charge in [-0.2, -0.15) is 0 Å². The number of hydrogen-bond acceptors (Lipinski definition) is 4. The molecule has 1 atom stereocenters. The molecular weight excluding hydrogens is 262 g/mol. The molecule has 0 amide bonds. The Hall–Kier alpha value is -0.130. The van der Waals surface area contributed by atoms with E-state index < -0.39 is 0 Å². The molecule has 1 aromatic heterocycles. The SMILES string of the molecule is CN1CCC(N(C)c2nc(Br)cs2)C1. The van der Waals surface area contributed by atoms with Gasteiger partial charge in [0.2, 0.25) is 0 Å². The van der Waals surface area contributed by atoms with Crippen LogP contribution in [0, 0.1) is 0 Å². The van der Waals surface area contributed by atoms with Crippen molar-refractivity contribution in [3.05, 3.63) is 9.98 Å². The normalized spacial score (nSPS) is 22.9. The standard InChI is InChI=1S/C9H14BrN3S/c1-12-4-3-7(5-12)13(2)9-11-8(10)6-14-9/h6-7H,3-5H2,1-2H3. The molecule has 0 bridgehead atoms. The lowest BCUT2D eigenvalue weighted by Crippen LogP contribution is -2.33. The first-order valence-corrected chi connectivity index (χ1v) is 6.36. The van der Waals surface area contributed by atoms with Crippen LogP contribution in [0.2, 0.25) is 0 Å². The summed E-state index contributed by atoms with van der Waals surface area (Å²) >= 11 is 5.08. The van der Waals surface area contributed by atoms with Gasteiger partial charge in [0.15, 0.2) is 5.13 Å². The van der Waals surface area contributed by atoms with E-state index in [0.29, 0.717) is 6.04 Å². The Bertz CT molecular complexity index is 315. The minimum atomic E-state index is 0.623. The maximum absolute atomic E-state index is 4.42. The van der Waals surface area contributed by atoms with Crippen LogP contribution in [0.3, 0.4) is 0 Å². The van der Waals surface area contributed by atoms with E-state index in [0.717, 1.165) is 16.3 Å². The lowest BCUT2D eigenvalue weighted by Gasteiger charge is -2.23. The van der Waals surface area contributed by atoms with Gasteiger partial charge in [-0.25, -0.2) is 4.98 Å². The molecule has 0 saturated carbocycles. The highest BCUT2D eigenvalue weighted by atomic mass is 79.9. The highest BCUT2D eigenvalue weighted by molar-refractivity contribution is 9.10. The Kier molecular flexibility index (Phi) is 3.09. The molecule has 3 nitrogen and oxygen atoms in total. The number of nitrogens with zero attached hydrogens (tertiary/aromatic N) is 3. The molecule has 5 heteroatoms. The lowest BCUT2D eigenvalue weighted by molar-refractivity contribution is 0.409. The van der Waals surface area contributed by atoms with Gasteiger partial charge in [0.05, 0.1) is 0 Å². The van der Waals surface area contributed by atoms with Crippen LogP contribution in [0.5, 0.6) is 0 Å². The number of aromatic nitrogens is 1. The summed E-state index contributed by atoms with van der Waals surface area (Å²) in [6.45, 7) is 2.34. The topological polar surface area (TPSA) is 19.4 Å². The first-order valence-electron chi connectivity index (χ1n) is 4.69. The number of likely N-dealkylation sites (tertiary alicyclic amines) is 1. The Balaban J connectivity index is 2.05. The first-order chi connectivity index (χ1) is 6.66. The molecule has 2 rings (SSSR count). The molecule has 14 heavy (non-hydrogen) atoms. The van der Waals surface area contributed by atoms with E-state index in [-0.39, 0.29) is 0 Å². The third-order valence-electron chi connectivity index (χ3n) is 2.68. The first kappa shape index (κ1) is 10.4. The van der Waals surface area contributed by atoms with Crippen molar-refractivity contribution >= 4 is 32.4 Å². The predicted molar refractivity (Wildman–Crippen MR) is 64.1 cm³/mol. The second kappa shape index (κ2) is 4.16. The molecule has 1 aliphatic rings. The zero-order valence-electron chi connectivity index (χ0n) is 8.40. The number of hydrogen-bond donors (Lipinski definition) is 0. The van der Waals surface area contributed by atoms with Crippen molar-refractivity contribution in [2.45, 2.75) is 12.5 Å². The monoisotopic (exact) mass is 275 g/mol. The van der Waals surface area contributed by atoms with Gasteiger partial charge in [-0.3, -0.25) is 0 Å². The number of anilines is 1. The van der Waals surface area contributed by atoms with Crippen LogP contribution < -0.4 is 4.90 Å². The fourth-order valence-electron chi connectivity index (χ4n) is 1.79. The number of thiazole rings is 1. The lowest BCUT2D eigenvalue weighted by atomic mass is 10.2. The molecule has 1 aromatic rings. The molecular formula is C9H14BrN3S. The van der Waals surface area contributed by atoms with Crippen LogP contribution in [-0.2, 0) is 0 Å². The third kappa shape index (κ3) is 2.10. The quantitative estimate of drug-likeness (QED) is 0.824. The summed E-state index contributed by atoms with van der Waals surface area (Å²) in [6, 6.07) is 0.623. The fraction of sp³-hybridized carbons (Fsp3) is 0.667. The summed E-state index contributed by atoms with van der Waals surface area (Å²) < 4.78 is 0.940. The molecule has 0 N–H and O–H groups in total. The molecule has 0 aliphatic carbocycles. The summed E-state index contributed by atoms with van der Waals surface area (Å²) in [4.78, 5) is 9.08. The van der Waals surface area contributed by atoms with E-state index in [1.165, 1.54) is 13.0 Å². The number of rotatable bonds is 2. The van der Waals surface area contributed by atoms with E-state index in [1.807, 2.05) is 5.38 Å². The van der Waals surface area contributed by atoms with E-state index in [4.69, 9.17) is 0 Å². The number of halogens is 1. The maximum Gasteiger partial charge on any atom is 0.186 e. The van der Waals surface area contributed by atoms with Crippen LogP contribution in [0.25, 0.3) is 0 Å². The van der Waals surface area contributed by atoms with Crippen LogP contribution >= 0.6 is 27.3 Å². The summed E-state index contributed by atoms with van der Waals surface area (Å²) in [7, 11) is 4.31. The van der Waals surface area contributed by atoms with Gasteiger partial charge >= 0.3 is 0 Å². The molecule has 1 fully saturated rings. The zero-order valence-corrected chi connectivity index (χ0v) is 10.8. The third-order valence-corrected chi connectivity index (χ3v) is 4.32. The molecule has 1 saturated heterocycles. The second-order valence-electron chi connectivity index (χ2n) is 3.77. The summed E-state index contributed by atoms with van der Waals surface area (Å²) in [6.07, 6.45) is 1.24. The van der Waals surface area contributed by atoms with Gasteiger partial charge in [-0.05, 0) is 35.9 Å². The van der Waals surface area contributed by atoms with Crippen molar-refractivity contribution in [1.29, 1.82) is 0 Å². The smallest absolute Gasteiger partial charge is 0.186 e. The van der Waals surface area contributed by atoms with Crippen LogP contribution in [0.15, 0.2) is 9.98 Å². The molecule has 0 radical (unpaired) electrons. The van der Waals surface area contributed by atoms with Crippen molar-refractivity contribution in [3.63, 3.8) is 0 Å². The van der Waals surface area contributed by atoms with E-state index in [2.05, 4.69) is 44.8 Å². The van der Waals surface area contributed by atoms with Gasteiger partial charge in [-0.1, -0.05) is 0 Å². The maximum atomic E-state index is 4.42. The van der Waals surface area contributed by atoms with E-state index in [1.54, 1.807) is 11.3 Å². The zero-order chi connectivity index (χ0) is 10.1. The average molecular weight is 276 g/mol. The Morgan fingerprint density at radius 1 is 1.71 bits per heavy atom. The molecule has 78 valence electrons. The van der Waals surface area contributed by atoms with Crippen molar-refractivity contribution in [2.24, 2.45) is 0 Å². The summed E-state index contributed by atoms with van der Waals surface area (Å²) in [5.41, 5.74) is 0. The van der Waals surface area contributed by atoms with Gasteiger partial charge < -0.3 is 9.80 Å². The molecule has 0 spiro atoms. The molecule has 0 aromatic carbocycles. The second-order valence-corrected chi connectivity index (χ2v) is 5.42. The summed E-state index contributed by atoms with van der Waals surface area (Å²) in [5, 5.41) is 3.14. The average Bonchev–Trinajstić information content (AvgIpc) is 2.73. The summed E-state index contributed by atoms with van der Waals surface area (Å²) in [5.74, 6) is 0. The van der Waals surface area contributed by atoms with Gasteiger partial charge in [-0.15, -0.1) is 11.3 Å². The van der Waals surface area contributed by atoms with Gasteiger partial charge in [0, 0.05) is 25.0 Å². The van der Waals surface area contributed by atoms with Crippen LogP contribution in [0.1, 0.15) is 6.42 Å². The predicted octanol–water partition coefficient (Wildman–Crippen LogP) is 2.05. The Labute approximate surface area is 96.9 Å². The molecule has 1 aliphatic heterocycles. The van der Waals surface area contributed by atoms with Crippen molar-refractivity contribution < 1.29 is 0 Å². The molecule has 2 heterocycles. The highest BCUT2D eigenvalue weighted by Gasteiger charge is 2.24. The van der Waals surface area contributed by atoms with E-state index in [9.17, 15) is 0 Å². The largest absolute Gasteiger partial charge is 0.347 e. The Morgan fingerprint density at radius 2 is 2.50 bits per heavy atom. The van der Waals surface area contributed by atoms with E-state index >= 15 is 0 Å². The van der Waals surface area contributed by atoms with Crippen LogP contribution in [-0.4, -0.2) is 43.1 Å². The number of likely N-dealkylation sites (N-methyl/N-ethyl adjacent to an activating group) is 2. The molecule has 1 unspecified atom stereocenters. The highest BCUT2D eigenvalue weighted by Crippen LogP contribution is 2.26.